The topological polar surface area (TPSA) is 60.4 Å². The largest absolute Gasteiger partial charge is 0.457 e. The number of benzene rings is 2. The van der Waals surface area contributed by atoms with Crippen molar-refractivity contribution in [3.05, 3.63) is 64.2 Å². The first-order valence-corrected chi connectivity index (χ1v) is 9.11. The van der Waals surface area contributed by atoms with Gasteiger partial charge in [0.05, 0.1) is 10.5 Å². The van der Waals surface area contributed by atoms with E-state index < -0.39 is 15.8 Å². The number of carbonyl (C=O) groups is 1. The van der Waals surface area contributed by atoms with Crippen molar-refractivity contribution in [2.75, 3.05) is 6.26 Å². The molecule has 0 bridgehead atoms. The summed E-state index contributed by atoms with van der Waals surface area (Å²) in [4.78, 5) is 12.4. The molecule has 2 aromatic rings. The van der Waals surface area contributed by atoms with Crippen LogP contribution in [0.15, 0.2) is 41.3 Å². The molecular weight excluding hydrogens is 312 g/mol. The minimum absolute atomic E-state index is 0.113. The molecule has 2 aromatic carbocycles. The summed E-state index contributed by atoms with van der Waals surface area (Å²) in [5.74, 6) is -0.520. The molecule has 0 N–H and O–H groups in total. The molecule has 23 heavy (non-hydrogen) atoms. The van der Waals surface area contributed by atoms with Crippen molar-refractivity contribution >= 4 is 15.8 Å². The van der Waals surface area contributed by atoms with Gasteiger partial charge in [-0.15, -0.1) is 0 Å². The fourth-order valence-corrected chi connectivity index (χ4v) is 2.88. The molecule has 0 fully saturated rings. The van der Waals surface area contributed by atoms with Crippen LogP contribution in [0.4, 0.5) is 0 Å². The lowest BCUT2D eigenvalue weighted by atomic mass is 10.1. The highest BCUT2D eigenvalue weighted by molar-refractivity contribution is 7.90. The van der Waals surface area contributed by atoms with Gasteiger partial charge in [-0.25, -0.2) is 13.2 Å². The maximum atomic E-state index is 12.3. The molecule has 0 atom stereocenters. The molecule has 5 heteroatoms. The zero-order valence-electron chi connectivity index (χ0n) is 13.7. The van der Waals surface area contributed by atoms with Crippen LogP contribution in [-0.2, 0) is 21.2 Å². The van der Waals surface area contributed by atoms with Crippen LogP contribution in [0.2, 0.25) is 0 Å². The van der Waals surface area contributed by atoms with Crippen molar-refractivity contribution in [3.63, 3.8) is 0 Å². The summed E-state index contributed by atoms with van der Waals surface area (Å²) in [6, 6.07) is 10.4. The Kier molecular flexibility index (Phi) is 4.90. The lowest BCUT2D eigenvalue weighted by molar-refractivity contribution is 0.0471. The van der Waals surface area contributed by atoms with Crippen molar-refractivity contribution < 1.29 is 17.9 Å². The average molecular weight is 332 g/mol. The predicted molar refractivity (Wildman–Crippen MR) is 89.3 cm³/mol. The molecule has 0 unspecified atom stereocenters. The van der Waals surface area contributed by atoms with Crippen molar-refractivity contribution in [3.8, 4) is 0 Å². The molecule has 0 spiro atoms. The molecular formula is C18H20O4S. The number of esters is 1. The fourth-order valence-electron chi connectivity index (χ4n) is 2.23. The molecule has 0 aliphatic heterocycles. The maximum absolute atomic E-state index is 12.3. The van der Waals surface area contributed by atoms with Gasteiger partial charge in [0, 0.05) is 6.26 Å². The van der Waals surface area contributed by atoms with E-state index >= 15 is 0 Å². The third kappa shape index (κ3) is 4.20. The minimum Gasteiger partial charge on any atom is -0.457 e. The van der Waals surface area contributed by atoms with Gasteiger partial charge >= 0.3 is 5.97 Å². The monoisotopic (exact) mass is 332 g/mol. The lowest BCUT2D eigenvalue weighted by Gasteiger charge is -2.11. The second kappa shape index (κ2) is 6.54. The number of aryl methyl sites for hydroxylation is 3. The van der Waals surface area contributed by atoms with Gasteiger partial charge in [-0.2, -0.15) is 0 Å². The number of rotatable bonds is 4. The second-order valence-corrected chi connectivity index (χ2v) is 7.77. The molecule has 0 amide bonds. The summed E-state index contributed by atoms with van der Waals surface area (Å²) in [6.45, 7) is 5.85. The first-order chi connectivity index (χ1) is 10.7. The minimum atomic E-state index is -3.36. The summed E-state index contributed by atoms with van der Waals surface area (Å²) < 4.78 is 28.6. The third-order valence-corrected chi connectivity index (χ3v) is 4.83. The Morgan fingerprint density at radius 2 is 1.65 bits per heavy atom. The number of ether oxygens (including phenoxy) is 1. The molecule has 0 aliphatic rings. The van der Waals surface area contributed by atoms with Gasteiger partial charge in [0.25, 0.3) is 0 Å². The summed E-state index contributed by atoms with van der Waals surface area (Å²) in [5.41, 5.74) is 4.04. The summed E-state index contributed by atoms with van der Waals surface area (Å²) in [7, 11) is -3.36. The molecule has 2 rings (SSSR count). The summed E-state index contributed by atoms with van der Waals surface area (Å²) >= 11 is 0. The van der Waals surface area contributed by atoms with Gasteiger partial charge in [-0.1, -0.05) is 29.8 Å². The first-order valence-electron chi connectivity index (χ1n) is 7.22. The molecule has 0 radical (unpaired) electrons. The van der Waals surface area contributed by atoms with Crippen LogP contribution in [0.1, 0.15) is 32.6 Å². The van der Waals surface area contributed by atoms with Crippen LogP contribution in [0.25, 0.3) is 0 Å². The first kappa shape index (κ1) is 17.2. The van der Waals surface area contributed by atoms with E-state index in [9.17, 15) is 13.2 Å². The summed E-state index contributed by atoms with van der Waals surface area (Å²) in [6.07, 6.45) is 1.11. The number of hydrogen-bond acceptors (Lipinski definition) is 4. The van der Waals surface area contributed by atoms with E-state index in [4.69, 9.17) is 4.74 Å². The zero-order chi connectivity index (χ0) is 17.2. The van der Waals surface area contributed by atoms with Gasteiger partial charge < -0.3 is 4.74 Å². The van der Waals surface area contributed by atoms with E-state index in [1.165, 1.54) is 12.1 Å². The molecule has 0 saturated carbocycles. The van der Waals surface area contributed by atoms with Crippen LogP contribution < -0.4 is 0 Å². The molecule has 4 nitrogen and oxygen atoms in total. The highest BCUT2D eigenvalue weighted by atomic mass is 32.2. The fraction of sp³-hybridized carbons (Fsp3) is 0.278. The van der Waals surface area contributed by atoms with Crippen LogP contribution in [0.5, 0.6) is 0 Å². The maximum Gasteiger partial charge on any atom is 0.338 e. The Morgan fingerprint density at radius 1 is 1.00 bits per heavy atom. The standard InChI is InChI=1S/C18H20O4S/c1-12-5-6-13(2)15(9-12)11-22-18(19)17-10-16(23(4,20)21)8-7-14(17)3/h5-10H,11H2,1-4H3. The van der Waals surface area contributed by atoms with Crippen molar-refractivity contribution in [1.29, 1.82) is 0 Å². The van der Waals surface area contributed by atoms with E-state index in [-0.39, 0.29) is 17.1 Å². The Balaban J connectivity index is 2.22. The van der Waals surface area contributed by atoms with Crippen molar-refractivity contribution in [1.82, 2.24) is 0 Å². The van der Waals surface area contributed by atoms with Crippen LogP contribution >= 0.6 is 0 Å². The normalized spacial score (nSPS) is 11.3. The molecule has 0 heterocycles. The Morgan fingerprint density at radius 3 is 2.30 bits per heavy atom. The van der Waals surface area contributed by atoms with Crippen LogP contribution in [0.3, 0.4) is 0 Å². The number of hydrogen-bond donors (Lipinski definition) is 0. The van der Waals surface area contributed by atoms with E-state index in [0.29, 0.717) is 5.56 Å². The van der Waals surface area contributed by atoms with Gasteiger partial charge in [0.15, 0.2) is 9.84 Å². The molecule has 0 aliphatic carbocycles. The Hall–Kier alpha value is -2.14. The third-order valence-electron chi connectivity index (χ3n) is 3.72. The van der Waals surface area contributed by atoms with Gasteiger partial charge in [-0.05, 0) is 49.6 Å². The smallest absolute Gasteiger partial charge is 0.338 e. The van der Waals surface area contributed by atoms with Crippen molar-refractivity contribution in [2.45, 2.75) is 32.3 Å². The zero-order valence-corrected chi connectivity index (χ0v) is 14.5. The predicted octanol–water partition coefficient (Wildman–Crippen LogP) is 3.37. The van der Waals surface area contributed by atoms with Gasteiger partial charge in [-0.3, -0.25) is 0 Å². The lowest BCUT2D eigenvalue weighted by Crippen LogP contribution is -2.09. The summed E-state index contributed by atoms with van der Waals surface area (Å²) in [5, 5.41) is 0. The van der Waals surface area contributed by atoms with Crippen LogP contribution in [-0.4, -0.2) is 20.6 Å². The van der Waals surface area contributed by atoms with Gasteiger partial charge in [0.1, 0.15) is 6.61 Å². The van der Waals surface area contributed by atoms with Crippen LogP contribution in [0, 0.1) is 20.8 Å². The number of sulfone groups is 1. The second-order valence-electron chi connectivity index (χ2n) is 5.75. The Labute approximate surface area is 137 Å². The van der Waals surface area contributed by atoms with E-state index in [1.54, 1.807) is 13.0 Å². The van der Waals surface area contributed by atoms with Gasteiger partial charge in [0.2, 0.25) is 0 Å². The number of carbonyl (C=O) groups excluding carboxylic acids is 1. The molecule has 122 valence electrons. The van der Waals surface area contributed by atoms with E-state index in [2.05, 4.69) is 0 Å². The molecule has 0 aromatic heterocycles. The SMILES string of the molecule is Cc1ccc(C)c(COC(=O)c2cc(S(C)(=O)=O)ccc2C)c1. The van der Waals surface area contributed by atoms with E-state index in [1.807, 2.05) is 32.0 Å². The quantitative estimate of drug-likeness (QED) is 0.805. The highest BCUT2D eigenvalue weighted by Gasteiger charge is 2.16. The average Bonchev–Trinajstić information content (AvgIpc) is 2.47. The van der Waals surface area contributed by atoms with E-state index in [0.717, 1.165) is 22.9 Å². The highest BCUT2D eigenvalue weighted by Crippen LogP contribution is 2.18. The van der Waals surface area contributed by atoms with Crippen molar-refractivity contribution in [2.24, 2.45) is 0 Å². The molecule has 0 saturated heterocycles. The Bertz CT molecular complexity index is 851.